The lowest BCUT2D eigenvalue weighted by molar-refractivity contribution is -0.679. The maximum atomic E-state index is 6.43. The molecule has 0 unspecified atom stereocenters. The third-order valence-corrected chi connectivity index (χ3v) is 7.74. The summed E-state index contributed by atoms with van der Waals surface area (Å²) in [4.78, 5) is 2.19. The Morgan fingerprint density at radius 1 is 0.791 bits per heavy atom. The molecule has 1 aliphatic heterocycles. The minimum atomic E-state index is 0.575. The smallest absolute Gasteiger partial charge is 0.374 e. The van der Waals surface area contributed by atoms with E-state index in [1.165, 1.54) is 11.1 Å². The van der Waals surface area contributed by atoms with E-state index in [9.17, 15) is 0 Å². The molecule has 0 radical (unpaired) electrons. The van der Waals surface area contributed by atoms with Crippen molar-refractivity contribution in [2.24, 2.45) is 0 Å². The number of ether oxygens (including phenoxy) is 3. The zero-order chi connectivity index (χ0) is 29.6. The quantitative estimate of drug-likeness (QED) is 0.151. The first-order valence-electron chi connectivity index (χ1n) is 14.8. The Kier molecular flexibility index (Phi) is 8.68. The second-order valence-corrected chi connectivity index (χ2v) is 10.5. The summed E-state index contributed by atoms with van der Waals surface area (Å²) in [5, 5.41) is 0. The molecule has 43 heavy (non-hydrogen) atoms. The Bertz CT molecular complexity index is 1760. The highest BCUT2D eigenvalue weighted by Gasteiger charge is 2.28. The van der Waals surface area contributed by atoms with Gasteiger partial charge in [-0.25, -0.2) is 0 Å². The molecule has 1 aliphatic rings. The molecule has 0 saturated heterocycles. The van der Waals surface area contributed by atoms with E-state index in [1.807, 2.05) is 12.1 Å². The van der Waals surface area contributed by atoms with Gasteiger partial charge in [-0.3, -0.25) is 0 Å². The van der Waals surface area contributed by atoms with Crippen LogP contribution >= 0.6 is 0 Å². The molecule has 0 aliphatic carbocycles. The predicted octanol–water partition coefficient (Wildman–Crippen LogP) is 7.88. The summed E-state index contributed by atoms with van der Waals surface area (Å²) in [5.41, 5.74) is 8.63. The zero-order valence-corrected chi connectivity index (χ0v) is 25.0. The van der Waals surface area contributed by atoms with Crippen molar-refractivity contribution in [1.29, 1.82) is 0 Å². The number of aromatic nitrogens is 1. The summed E-state index contributed by atoms with van der Waals surface area (Å²) in [6.07, 6.45) is 5.02. The summed E-state index contributed by atoms with van der Waals surface area (Å²) < 4.78 is 26.0. The number of allylic oxidation sites excluding steroid dienone is 2. The van der Waals surface area contributed by atoms with Crippen LogP contribution in [0.2, 0.25) is 0 Å². The van der Waals surface area contributed by atoms with Crippen molar-refractivity contribution in [1.82, 2.24) is 0 Å². The number of methoxy groups -OCH3 is 2. The van der Waals surface area contributed by atoms with Crippen LogP contribution in [0.4, 0.5) is 5.69 Å². The first-order valence-corrected chi connectivity index (χ1v) is 14.8. The lowest BCUT2D eigenvalue weighted by atomic mass is 10.0. The van der Waals surface area contributed by atoms with Crippen molar-refractivity contribution in [3.05, 3.63) is 120 Å². The van der Waals surface area contributed by atoms with Crippen molar-refractivity contribution in [2.75, 3.05) is 38.9 Å². The standard InChI is InChI=1S/C37H37N2O4/c1-4-27(23-36-38(19-21-40-2)32-25-30(15-17-34(32)42-36)28-11-7-5-8-12-28)24-37-39(20-22-41-3)33-26-31(16-18-35(33)43-37)29-13-9-6-10-14-29/h5-18,23-26H,4,19-22H2,1-3H3/q+1. The van der Waals surface area contributed by atoms with Crippen LogP contribution in [0, 0.1) is 0 Å². The fourth-order valence-corrected chi connectivity index (χ4v) is 5.43. The van der Waals surface area contributed by atoms with Crippen LogP contribution in [0.5, 0.6) is 5.75 Å². The Hall–Kier alpha value is -4.65. The van der Waals surface area contributed by atoms with Gasteiger partial charge >= 0.3 is 5.89 Å². The van der Waals surface area contributed by atoms with Crippen LogP contribution in [0.3, 0.4) is 0 Å². The average Bonchev–Trinajstić information content (AvgIpc) is 3.58. The summed E-state index contributed by atoms with van der Waals surface area (Å²) in [7, 11) is 3.45. The Labute approximate surface area is 253 Å². The van der Waals surface area contributed by atoms with Crippen LogP contribution in [0.25, 0.3) is 39.4 Å². The molecule has 0 spiro atoms. The minimum absolute atomic E-state index is 0.575. The molecule has 1 aromatic heterocycles. The van der Waals surface area contributed by atoms with Crippen LogP contribution in [-0.2, 0) is 16.0 Å². The van der Waals surface area contributed by atoms with Gasteiger partial charge in [0.25, 0.3) is 5.52 Å². The van der Waals surface area contributed by atoms with Gasteiger partial charge in [-0.15, -0.1) is 0 Å². The Morgan fingerprint density at radius 3 is 2.14 bits per heavy atom. The van der Waals surface area contributed by atoms with Crippen molar-refractivity contribution >= 4 is 22.9 Å². The Balaban J connectivity index is 1.38. The molecule has 5 aromatic rings. The summed E-state index contributed by atoms with van der Waals surface area (Å²) in [5.74, 6) is 2.39. The van der Waals surface area contributed by atoms with Gasteiger partial charge in [0.15, 0.2) is 12.3 Å². The lowest BCUT2D eigenvalue weighted by Gasteiger charge is -2.18. The number of fused-ring (bicyclic) bond motifs is 2. The van der Waals surface area contributed by atoms with Gasteiger partial charge in [0.2, 0.25) is 11.5 Å². The normalized spacial score (nSPS) is 14.0. The SMILES string of the molecule is CCC(/C=C1\Oc2ccc(-c3ccccc3)cc2N1CCOC)=C\c1oc2ccc(-c3ccccc3)cc2[n+]1CCOC. The van der Waals surface area contributed by atoms with Crippen LogP contribution in [-0.4, -0.2) is 34.0 Å². The maximum absolute atomic E-state index is 6.43. The van der Waals surface area contributed by atoms with Crippen molar-refractivity contribution in [3.63, 3.8) is 0 Å². The van der Waals surface area contributed by atoms with Crippen molar-refractivity contribution in [2.45, 2.75) is 19.9 Å². The van der Waals surface area contributed by atoms with E-state index in [0.717, 1.165) is 57.4 Å². The highest BCUT2D eigenvalue weighted by molar-refractivity contribution is 5.79. The largest absolute Gasteiger partial charge is 0.439 e. The van der Waals surface area contributed by atoms with Gasteiger partial charge in [-0.1, -0.05) is 79.7 Å². The Morgan fingerprint density at radius 2 is 1.47 bits per heavy atom. The molecule has 0 N–H and O–H groups in total. The fourth-order valence-electron chi connectivity index (χ4n) is 5.43. The second-order valence-electron chi connectivity index (χ2n) is 10.5. The van der Waals surface area contributed by atoms with Gasteiger partial charge in [0, 0.05) is 32.9 Å². The molecule has 0 atom stereocenters. The predicted molar refractivity (Wildman–Crippen MR) is 172 cm³/mol. The highest BCUT2D eigenvalue weighted by atomic mass is 16.5. The van der Waals surface area contributed by atoms with Gasteiger partial charge in [0.1, 0.15) is 6.61 Å². The molecule has 0 fully saturated rings. The zero-order valence-electron chi connectivity index (χ0n) is 25.0. The number of benzene rings is 4. The first kappa shape index (κ1) is 28.5. The summed E-state index contributed by atoms with van der Waals surface area (Å²) >= 11 is 0. The molecule has 0 amide bonds. The van der Waals surface area contributed by atoms with Crippen LogP contribution < -0.4 is 14.2 Å². The molecule has 218 valence electrons. The number of nitrogens with zero attached hydrogens (tertiary/aromatic N) is 2. The van der Waals surface area contributed by atoms with Gasteiger partial charge in [-0.2, -0.15) is 4.57 Å². The molecule has 6 nitrogen and oxygen atoms in total. The third-order valence-electron chi connectivity index (χ3n) is 7.74. The van der Waals surface area contributed by atoms with Crippen LogP contribution in [0.15, 0.2) is 119 Å². The number of rotatable bonds is 11. The molecule has 6 heteroatoms. The molecule has 0 bridgehead atoms. The second kappa shape index (κ2) is 13.1. The monoisotopic (exact) mass is 573 g/mol. The number of anilines is 1. The van der Waals surface area contributed by atoms with Crippen molar-refractivity contribution < 1.29 is 23.2 Å². The van der Waals surface area contributed by atoms with E-state index in [4.69, 9.17) is 18.6 Å². The fraction of sp³-hybridized carbons (Fsp3) is 0.216. The molecule has 4 aromatic carbocycles. The van der Waals surface area contributed by atoms with Gasteiger partial charge < -0.3 is 23.5 Å². The van der Waals surface area contributed by atoms with Gasteiger partial charge in [-0.05, 0) is 52.4 Å². The van der Waals surface area contributed by atoms with Gasteiger partial charge in [0.05, 0.1) is 18.4 Å². The van der Waals surface area contributed by atoms with E-state index in [0.29, 0.717) is 26.3 Å². The maximum Gasteiger partial charge on any atom is 0.374 e. The van der Waals surface area contributed by atoms with E-state index in [2.05, 4.69) is 113 Å². The van der Waals surface area contributed by atoms with E-state index >= 15 is 0 Å². The van der Waals surface area contributed by atoms with E-state index in [1.54, 1.807) is 14.2 Å². The minimum Gasteiger partial charge on any atom is -0.439 e. The van der Waals surface area contributed by atoms with E-state index < -0.39 is 0 Å². The molecular formula is C37H37N2O4+. The highest BCUT2D eigenvalue weighted by Crippen LogP contribution is 2.42. The summed E-state index contributed by atoms with van der Waals surface area (Å²) in [6, 6.07) is 33.5. The number of oxazole rings is 1. The van der Waals surface area contributed by atoms with E-state index in [-0.39, 0.29) is 0 Å². The van der Waals surface area contributed by atoms with Crippen LogP contribution in [0.1, 0.15) is 19.2 Å². The average molecular weight is 574 g/mol. The van der Waals surface area contributed by atoms with Crippen molar-refractivity contribution in [3.8, 4) is 28.0 Å². The topological polar surface area (TPSA) is 48.0 Å². The first-order chi connectivity index (χ1) is 21.2. The number of hydrogen-bond donors (Lipinski definition) is 0. The molecular weight excluding hydrogens is 536 g/mol. The molecule has 0 saturated carbocycles. The molecule has 2 heterocycles. The lowest BCUT2D eigenvalue weighted by Crippen LogP contribution is -2.37. The third kappa shape index (κ3) is 6.12. The summed E-state index contributed by atoms with van der Waals surface area (Å²) in [6.45, 7) is 4.64. The molecule has 6 rings (SSSR count). The number of hydrogen-bond acceptors (Lipinski definition) is 5.